The number of halogens is 2. The molecule has 0 aliphatic heterocycles. The van der Waals surface area contributed by atoms with Gasteiger partial charge >= 0.3 is 0 Å². The fourth-order valence-corrected chi connectivity index (χ4v) is 0.390. The van der Waals surface area contributed by atoms with Crippen molar-refractivity contribution in [1.29, 1.82) is 0 Å². The van der Waals surface area contributed by atoms with E-state index in [4.69, 9.17) is 28.9 Å². The lowest BCUT2D eigenvalue weighted by Crippen LogP contribution is -1.95. The van der Waals surface area contributed by atoms with Gasteiger partial charge in [-0.2, -0.15) is 0 Å². The SMILES string of the molecule is [NH]C(=O)C/C(Cl)=C/Cl. The summed E-state index contributed by atoms with van der Waals surface area (Å²) < 4.78 is 0. The average molecular weight is 153 g/mol. The standard InChI is InChI=1S/C4H4Cl2NO/c5-2-3(6)1-4(7)8/h2,7H,1H2/b3-2-. The normalized spacial score (nSPS) is 11.5. The van der Waals surface area contributed by atoms with E-state index in [0.29, 0.717) is 0 Å². The maximum atomic E-state index is 9.90. The van der Waals surface area contributed by atoms with Gasteiger partial charge in [-0.15, -0.1) is 0 Å². The summed E-state index contributed by atoms with van der Waals surface area (Å²) in [5.41, 5.74) is 7.47. The van der Waals surface area contributed by atoms with Gasteiger partial charge in [-0.25, -0.2) is 0 Å². The number of carbonyl (C=O) groups excluding carboxylic acids is 1. The molecule has 0 rings (SSSR count). The summed E-state index contributed by atoms with van der Waals surface area (Å²) in [6.07, 6.45) is -0.0922. The molecule has 2 nitrogen and oxygen atoms in total. The van der Waals surface area contributed by atoms with E-state index in [1.54, 1.807) is 0 Å². The van der Waals surface area contributed by atoms with Crippen LogP contribution in [0.3, 0.4) is 0 Å². The largest absolute Gasteiger partial charge is 0.273 e. The summed E-state index contributed by atoms with van der Waals surface area (Å²) in [7, 11) is 0. The molecule has 0 bridgehead atoms. The highest BCUT2D eigenvalue weighted by Gasteiger charge is 1.96. The van der Waals surface area contributed by atoms with Gasteiger partial charge in [0.05, 0.1) is 6.42 Å². The highest BCUT2D eigenvalue weighted by atomic mass is 35.5. The van der Waals surface area contributed by atoms with Crippen LogP contribution in [0.1, 0.15) is 6.42 Å². The second-order valence-electron chi connectivity index (χ2n) is 1.16. The van der Waals surface area contributed by atoms with Gasteiger partial charge in [0.1, 0.15) is 0 Å². The Labute approximate surface area is 57.3 Å². The van der Waals surface area contributed by atoms with Crippen LogP contribution in [-0.4, -0.2) is 5.91 Å². The Morgan fingerprint density at radius 1 is 1.75 bits per heavy atom. The lowest BCUT2D eigenvalue weighted by atomic mass is 10.4. The van der Waals surface area contributed by atoms with Crippen molar-refractivity contribution in [2.75, 3.05) is 0 Å². The molecule has 0 aromatic heterocycles. The number of amides is 1. The molecule has 0 heterocycles. The molecule has 45 valence electrons. The number of nitrogens with one attached hydrogen (secondary N) is 1. The smallest absolute Gasteiger partial charge is 0.243 e. The first-order valence-electron chi connectivity index (χ1n) is 1.86. The first-order valence-corrected chi connectivity index (χ1v) is 2.67. The fraction of sp³-hybridized carbons (Fsp3) is 0.250. The predicted molar refractivity (Wildman–Crippen MR) is 32.5 cm³/mol. The molecule has 0 aliphatic rings. The topological polar surface area (TPSA) is 40.9 Å². The van der Waals surface area contributed by atoms with E-state index in [1.807, 2.05) is 0 Å². The van der Waals surface area contributed by atoms with E-state index < -0.39 is 5.91 Å². The van der Waals surface area contributed by atoms with Crippen LogP contribution < -0.4 is 5.73 Å². The molecule has 0 saturated heterocycles. The molecule has 0 aromatic carbocycles. The van der Waals surface area contributed by atoms with Crippen LogP contribution in [0, 0.1) is 0 Å². The first-order chi connectivity index (χ1) is 3.66. The van der Waals surface area contributed by atoms with E-state index >= 15 is 0 Å². The average Bonchev–Trinajstić information content (AvgIpc) is 1.65. The van der Waals surface area contributed by atoms with Crippen LogP contribution in [0.15, 0.2) is 10.6 Å². The van der Waals surface area contributed by atoms with Gasteiger partial charge in [-0.3, -0.25) is 10.5 Å². The quantitative estimate of drug-likeness (QED) is 0.592. The van der Waals surface area contributed by atoms with Crippen molar-refractivity contribution in [2.24, 2.45) is 0 Å². The predicted octanol–water partition coefficient (Wildman–Crippen LogP) is 1.51. The van der Waals surface area contributed by atoms with Crippen LogP contribution in [0.2, 0.25) is 0 Å². The zero-order chi connectivity index (χ0) is 6.57. The molecule has 0 atom stereocenters. The molecular weight excluding hydrogens is 149 g/mol. The molecule has 1 N–H and O–H groups in total. The monoisotopic (exact) mass is 152 g/mol. The second kappa shape index (κ2) is 3.75. The Morgan fingerprint density at radius 2 is 2.25 bits per heavy atom. The number of hydrogen-bond acceptors (Lipinski definition) is 1. The molecule has 0 fully saturated rings. The lowest BCUT2D eigenvalue weighted by Gasteiger charge is -1.86. The van der Waals surface area contributed by atoms with E-state index in [9.17, 15) is 4.79 Å². The molecule has 0 aliphatic carbocycles. The van der Waals surface area contributed by atoms with Crippen molar-refractivity contribution < 1.29 is 4.79 Å². The third-order valence-corrected chi connectivity index (χ3v) is 1.07. The Balaban J connectivity index is 3.56. The maximum absolute atomic E-state index is 9.90. The minimum absolute atomic E-state index is 0.0922. The lowest BCUT2D eigenvalue weighted by molar-refractivity contribution is -0.117. The van der Waals surface area contributed by atoms with Gasteiger partial charge in [0.2, 0.25) is 5.91 Å². The summed E-state index contributed by atoms with van der Waals surface area (Å²) in [6, 6.07) is 0. The van der Waals surface area contributed by atoms with Gasteiger partial charge in [-0.1, -0.05) is 23.2 Å². The van der Waals surface area contributed by atoms with Crippen LogP contribution in [0.5, 0.6) is 0 Å². The molecule has 8 heavy (non-hydrogen) atoms. The summed E-state index contributed by atoms with van der Waals surface area (Å²) in [6.45, 7) is 0. The van der Waals surface area contributed by atoms with Crippen molar-refractivity contribution in [3.05, 3.63) is 10.6 Å². The Kier molecular flexibility index (Phi) is 3.65. The van der Waals surface area contributed by atoms with Crippen molar-refractivity contribution in [1.82, 2.24) is 5.73 Å². The first kappa shape index (κ1) is 7.79. The molecule has 0 spiro atoms. The van der Waals surface area contributed by atoms with E-state index in [-0.39, 0.29) is 11.5 Å². The molecule has 4 heteroatoms. The molecule has 1 radical (unpaired) electrons. The third-order valence-electron chi connectivity index (χ3n) is 0.448. The number of carbonyl (C=O) groups is 1. The molecular formula is C4H4Cl2NO. The van der Waals surface area contributed by atoms with Crippen molar-refractivity contribution in [2.45, 2.75) is 6.42 Å². The third kappa shape index (κ3) is 3.96. The van der Waals surface area contributed by atoms with Crippen LogP contribution in [-0.2, 0) is 4.79 Å². The van der Waals surface area contributed by atoms with Crippen LogP contribution in [0.4, 0.5) is 0 Å². The van der Waals surface area contributed by atoms with Gasteiger partial charge in [0.15, 0.2) is 0 Å². The number of rotatable bonds is 2. The number of hydrogen-bond donors (Lipinski definition) is 0. The van der Waals surface area contributed by atoms with E-state index in [2.05, 4.69) is 0 Å². The molecule has 0 aromatic rings. The van der Waals surface area contributed by atoms with Gasteiger partial charge in [0, 0.05) is 10.6 Å². The zero-order valence-corrected chi connectivity index (χ0v) is 5.46. The van der Waals surface area contributed by atoms with Gasteiger partial charge in [-0.05, 0) is 0 Å². The van der Waals surface area contributed by atoms with Gasteiger partial charge in [0.25, 0.3) is 0 Å². The van der Waals surface area contributed by atoms with Crippen LogP contribution >= 0.6 is 23.2 Å². The van der Waals surface area contributed by atoms with Crippen molar-refractivity contribution in [3.63, 3.8) is 0 Å². The zero-order valence-electron chi connectivity index (χ0n) is 3.95. The fourth-order valence-electron chi connectivity index (χ4n) is 0.192. The van der Waals surface area contributed by atoms with Gasteiger partial charge < -0.3 is 0 Å². The summed E-state index contributed by atoms with van der Waals surface area (Å²) >= 11 is 10.3. The molecule has 0 saturated carbocycles. The summed E-state index contributed by atoms with van der Waals surface area (Å²) in [4.78, 5) is 9.90. The summed E-state index contributed by atoms with van der Waals surface area (Å²) in [5.74, 6) is -0.730. The maximum Gasteiger partial charge on any atom is 0.243 e. The second-order valence-corrected chi connectivity index (χ2v) is 1.86. The molecule has 1 amide bonds. The summed E-state index contributed by atoms with van der Waals surface area (Å²) in [5, 5.41) is 0.201. The molecule has 0 unspecified atom stereocenters. The highest BCUT2D eigenvalue weighted by Crippen LogP contribution is 2.06. The Hall–Kier alpha value is -0.210. The minimum Gasteiger partial charge on any atom is -0.273 e. The van der Waals surface area contributed by atoms with E-state index in [0.717, 1.165) is 5.54 Å². The highest BCUT2D eigenvalue weighted by molar-refractivity contribution is 6.37. The Bertz CT molecular complexity index is 121. The van der Waals surface area contributed by atoms with Crippen molar-refractivity contribution in [3.8, 4) is 0 Å². The Morgan fingerprint density at radius 3 is 2.38 bits per heavy atom. The van der Waals surface area contributed by atoms with Crippen molar-refractivity contribution >= 4 is 29.1 Å². The van der Waals surface area contributed by atoms with Crippen LogP contribution in [0.25, 0.3) is 0 Å². The minimum atomic E-state index is -0.730. The van der Waals surface area contributed by atoms with E-state index in [1.165, 1.54) is 0 Å².